The first-order chi connectivity index (χ1) is 22.6. The summed E-state index contributed by atoms with van der Waals surface area (Å²) in [5.41, 5.74) is -1.20. The molecule has 0 amide bonds. The fraction of sp³-hybridized carbons (Fsp3) is 0.514. The Morgan fingerprint density at radius 2 is 1.55 bits per heavy atom. The second kappa shape index (κ2) is 16.7. The number of fused-ring (bicyclic) bond motifs is 2. The number of nitrogens with zero attached hydrogens (tertiary/aromatic N) is 1. The van der Waals surface area contributed by atoms with E-state index >= 15 is 0 Å². The van der Waals surface area contributed by atoms with Gasteiger partial charge in [0.1, 0.15) is 19.3 Å². The molecule has 1 aliphatic heterocycles. The zero-order valence-corrected chi connectivity index (χ0v) is 27.9. The number of oxime groups is 1. The zero-order valence-electron chi connectivity index (χ0n) is 27.9. The molecule has 0 bridgehead atoms. The minimum atomic E-state index is -1.18. The Balaban J connectivity index is 1.30. The van der Waals surface area contributed by atoms with Crippen LogP contribution in [-0.2, 0) is 38.2 Å². The first kappa shape index (κ1) is 35.8. The van der Waals surface area contributed by atoms with Crippen molar-refractivity contribution < 1.29 is 43.3 Å². The lowest BCUT2D eigenvalue weighted by molar-refractivity contribution is -0.166. The summed E-state index contributed by atoms with van der Waals surface area (Å²) in [6.45, 7) is 8.04. The monoisotopic (exact) mass is 649 g/mol. The largest absolute Gasteiger partial charge is 0.465 e. The van der Waals surface area contributed by atoms with Crippen LogP contribution < -0.4 is 0 Å². The predicted molar refractivity (Wildman–Crippen MR) is 179 cm³/mol. The van der Waals surface area contributed by atoms with E-state index in [1.54, 1.807) is 27.0 Å². The van der Waals surface area contributed by atoms with E-state index in [4.69, 9.17) is 28.9 Å². The van der Waals surface area contributed by atoms with Gasteiger partial charge in [0.25, 0.3) is 0 Å². The second-order valence-electron chi connectivity index (χ2n) is 12.8. The van der Waals surface area contributed by atoms with Gasteiger partial charge in [-0.05, 0) is 60.7 Å². The summed E-state index contributed by atoms with van der Waals surface area (Å²) in [5, 5.41) is 17.7. The number of hydrogen-bond donors (Lipinski definition) is 1. The number of carbonyl (C=O) groups is 3. The highest BCUT2D eigenvalue weighted by Crippen LogP contribution is 2.43. The Kier molecular flexibility index (Phi) is 12.7. The maximum absolute atomic E-state index is 13.3. The molecule has 1 N–H and O–H groups in total. The Bertz CT molecular complexity index is 1500. The molecule has 0 aliphatic carbocycles. The standard InChI is InChI=1S/C37H47NO9/c1-5-36(3,34(41)46-24-29-23-45-29)25-37(4,35(42)44-17-10-16-39)21-26(2)33(40)43-18-11-19-47-38-22-32-30-14-8-6-12-27(30)20-28-13-7-9-15-31(28)32/h6-9,12-15,20,22,26,29,39H,5,10-11,16-19,21,23-25H2,1-4H3. The summed E-state index contributed by atoms with van der Waals surface area (Å²) < 4.78 is 21.6. The van der Waals surface area contributed by atoms with E-state index < -0.39 is 34.7 Å². The second-order valence-corrected chi connectivity index (χ2v) is 12.8. The summed E-state index contributed by atoms with van der Waals surface area (Å²) in [6.07, 6.45) is 3.02. The normalized spacial score (nSPS) is 17.5. The van der Waals surface area contributed by atoms with Crippen molar-refractivity contribution in [1.82, 2.24) is 0 Å². The van der Waals surface area contributed by atoms with Gasteiger partial charge in [0.15, 0.2) is 0 Å². The number of esters is 3. The van der Waals surface area contributed by atoms with E-state index in [0.717, 1.165) is 27.1 Å². The van der Waals surface area contributed by atoms with Gasteiger partial charge in [-0.25, -0.2) is 0 Å². The minimum absolute atomic E-state index is 0.0370. The van der Waals surface area contributed by atoms with E-state index in [1.165, 1.54) is 0 Å². The van der Waals surface area contributed by atoms with Gasteiger partial charge in [-0.2, -0.15) is 0 Å². The van der Waals surface area contributed by atoms with Crippen LogP contribution in [0.15, 0.2) is 59.8 Å². The molecule has 10 heteroatoms. The van der Waals surface area contributed by atoms with Gasteiger partial charge in [0.05, 0.1) is 42.8 Å². The summed E-state index contributed by atoms with van der Waals surface area (Å²) in [4.78, 5) is 44.9. The van der Waals surface area contributed by atoms with E-state index in [2.05, 4.69) is 35.5 Å². The van der Waals surface area contributed by atoms with Crippen LogP contribution in [0.4, 0.5) is 0 Å². The molecule has 4 unspecified atom stereocenters. The fourth-order valence-electron chi connectivity index (χ4n) is 5.87. The molecule has 4 rings (SSSR count). The lowest BCUT2D eigenvalue weighted by Gasteiger charge is -2.37. The van der Waals surface area contributed by atoms with Gasteiger partial charge >= 0.3 is 17.9 Å². The highest BCUT2D eigenvalue weighted by molar-refractivity contribution is 6.13. The highest BCUT2D eigenvalue weighted by Gasteiger charge is 2.47. The molecule has 47 heavy (non-hydrogen) atoms. The summed E-state index contributed by atoms with van der Waals surface area (Å²) in [7, 11) is 0. The van der Waals surface area contributed by atoms with Crippen molar-refractivity contribution in [3.63, 3.8) is 0 Å². The van der Waals surface area contributed by atoms with Crippen molar-refractivity contribution in [3.05, 3.63) is 60.2 Å². The Labute approximate surface area is 276 Å². The highest BCUT2D eigenvalue weighted by atomic mass is 16.6. The van der Waals surface area contributed by atoms with Crippen molar-refractivity contribution in [2.75, 3.05) is 39.6 Å². The van der Waals surface area contributed by atoms with Crippen LogP contribution in [0, 0.1) is 16.7 Å². The summed E-state index contributed by atoms with van der Waals surface area (Å²) >= 11 is 0. The van der Waals surface area contributed by atoms with Crippen molar-refractivity contribution in [3.8, 4) is 0 Å². The summed E-state index contributed by atoms with van der Waals surface area (Å²) in [6, 6.07) is 18.4. The quantitative estimate of drug-likeness (QED) is 0.0317. The molecule has 1 fully saturated rings. The summed E-state index contributed by atoms with van der Waals surface area (Å²) in [5.74, 6) is -2.07. The molecular weight excluding hydrogens is 602 g/mol. The third kappa shape index (κ3) is 9.74. The molecule has 1 heterocycles. The Morgan fingerprint density at radius 1 is 0.936 bits per heavy atom. The van der Waals surface area contributed by atoms with E-state index in [9.17, 15) is 14.4 Å². The fourth-order valence-corrected chi connectivity index (χ4v) is 5.87. The Hall–Kier alpha value is -4.02. The van der Waals surface area contributed by atoms with Crippen molar-refractivity contribution >= 4 is 45.7 Å². The van der Waals surface area contributed by atoms with Gasteiger partial charge in [-0.1, -0.05) is 67.5 Å². The van der Waals surface area contributed by atoms with E-state index in [0.29, 0.717) is 25.9 Å². The smallest absolute Gasteiger partial charge is 0.311 e. The van der Waals surface area contributed by atoms with Crippen LogP contribution in [-0.4, -0.2) is 75.0 Å². The van der Waals surface area contributed by atoms with Crippen molar-refractivity contribution in [1.29, 1.82) is 0 Å². The van der Waals surface area contributed by atoms with Gasteiger partial charge in [-0.3, -0.25) is 14.4 Å². The van der Waals surface area contributed by atoms with Gasteiger partial charge in [0, 0.05) is 25.0 Å². The third-order valence-electron chi connectivity index (χ3n) is 8.74. The number of ether oxygens (including phenoxy) is 4. The molecule has 0 spiro atoms. The van der Waals surface area contributed by atoms with Crippen LogP contribution in [0.1, 0.15) is 65.4 Å². The molecule has 3 aromatic carbocycles. The number of carbonyl (C=O) groups excluding carboxylic acids is 3. The Morgan fingerprint density at radius 3 is 2.17 bits per heavy atom. The molecule has 0 aromatic heterocycles. The zero-order chi connectivity index (χ0) is 33.9. The SMILES string of the molecule is CCC(C)(CC(C)(CC(C)C(=O)OCCCON=Cc1c2ccccc2cc2ccccc12)C(=O)OCCCO)C(=O)OCC1CO1. The topological polar surface area (TPSA) is 133 Å². The molecular formula is C37H47NO9. The number of aliphatic hydroxyl groups excluding tert-OH is 1. The van der Waals surface area contributed by atoms with Crippen molar-refractivity contribution in [2.45, 2.75) is 65.9 Å². The van der Waals surface area contributed by atoms with Crippen LogP contribution in [0.5, 0.6) is 0 Å². The molecule has 1 aliphatic rings. The molecule has 1 saturated heterocycles. The maximum Gasteiger partial charge on any atom is 0.311 e. The van der Waals surface area contributed by atoms with Crippen LogP contribution in [0.25, 0.3) is 21.5 Å². The number of benzene rings is 3. The maximum atomic E-state index is 13.3. The predicted octanol–water partition coefficient (Wildman–Crippen LogP) is 5.98. The molecule has 4 atom stereocenters. The van der Waals surface area contributed by atoms with Gasteiger partial charge < -0.3 is 28.9 Å². The first-order valence-electron chi connectivity index (χ1n) is 16.4. The van der Waals surface area contributed by atoms with Crippen LogP contribution >= 0.6 is 0 Å². The van der Waals surface area contributed by atoms with Gasteiger partial charge in [0.2, 0.25) is 0 Å². The molecule has 3 aromatic rings. The van der Waals surface area contributed by atoms with Crippen LogP contribution in [0.2, 0.25) is 0 Å². The average molecular weight is 650 g/mol. The number of aliphatic hydroxyl groups is 1. The number of epoxide rings is 1. The molecule has 0 saturated carbocycles. The number of rotatable bonds is 19. The number of hydrogen-bond acceptors (Lipinski definition) is 10. The first-order valence-corrected chi connectivity index (χ1v) is 16.4. The van der Waals surface area contributed by atoms with Gasteiger partial charge in [-0.15, -0.1) is 0 Å². The minimum Gasteiger partial charge on any atom is -0.465 e. The molecule has 10 nitrogen and oxygen atoms in total. The van der Waals surface area contributed by atoms with E-state index in [1.807, 2.05) is 31.2 Å². The third-order valence-corrected chi connectivity index (χ3v) is 8.74. The molecule has 0 radical (unpaired) electrons. The average Bonchev–Trinajstić information content (AvgIpc) is 3.90. The van der Waals surface area contributed by atoms with Crippen molar-refractivity contribution in [2.24, 2.45) is 21.9 Å². The lowest BCUT2D eigenvalue weighted by atomic mass is 9.68. The molecule has 254 valence electrons. The van der Waals surface area contributed by atoms with E-state index in [-0.39, 0.29) is 52.0 Å². The lowest BCUT2D eigenvalue weighted by Crippen LogP contribution is -2.42. The van der Waals surface area contributed by atoms with Crippen LogP contribution in [0.3, 0.4) is 0 Å².